The molecule has 0 unspecified atom stereocenters. The Balaban J connectivity index is 3.16. The van der Waals surface area contributed by atoms with E-state index < -0.39 is 16.0 Å². The van der Waals surface area contributed by atoms with E-state index in [0.717, 1.165) is 18.9 Å². The minimum atomic E-state index is -3.91. The summed E-state index contributed by atoms with van der Waals surface area (Å²) in [5.41, 5.74) is 0.287. The van der Waals surface area contributed by atoms with Crippen LogP contribution in [0.5, 0.6) is 0 Å². The van der Waals surface area contributed by atoms with Gasteiger partial charge in [-0.3, -0.25) is 0 Å². The molecule has 1 atom stereocenters. The molecule has 1 aromatic rings. The van der Waals surface area contributed by atoms with E-state index in [0.29, 0.717) is 5.69 Å². The molecule has 0 heterocycles. The zero-order chi connectivity index (χ0) is 14.6. The van der Waals surface area contributed by atoms with Gasteiger partial charge in [-0.25, -0.2) is 18.4 Å². The maximum absolute atomic E-state index is 11.2. The topological polar surface area (TPSA) is 109 Å². The summed E-state index contributed by atoms with van der Waals surface area (Å²) in [5, 5.41) is 17.2. The molecule has 0 spiro atoms. The lowest BCUT2D eigenvalue weighted by Gasteiger charge is -2.16. The van der Waals surface area contributed by atoms with Crippen LogP contribution in [-0.2, 0) is 10.0 Å². The third-order valence-corrected chi connectivity index (χ3v) is 3.58. The van der Waals surface area contributed by atoms with Gasteiger partial charge in [0.25, 0.3) is 0 Å². The van der Waals surface area contributed by atoms with Crippen molar-refractivity contribution in [2.24, 2.45) is 5.14 Å². The summed E-state index contributed by atoms with van der Waals surface area (Å²) < 4.78 is 22.4. The van der Waals surface area contributed by atoms with Crippen LogP contribution >= 0.6 is 0 Å². The molecule has 0 radical (unpaired) electrons. The zero-order valence-corrected chi connectivity index (χ0v) is 11.7. The number of primary sulfonamides is 1. The SMILES string of the molecule is CCC[C@@H](C)Nc1ccc(S(N)(=O)=O)cc1C(=O)O. The second kappa shape index (κ2) is 6.03. The predicted molar refractivity (Wildman–Crippen MR) is 72.8 cm³/mol. The molecule has 0 aliphatic heterocycles. The van der Waals surface area contributed by atoms with Crippen molar-refractivity contribution in [3.63, 3.8) is 0 Å². The number of carbonyl (C=O) groups is 1. The summed E-state index contributed by atoms with van der Waals surface area (Å²) >= 11 is 0. The Labute approximate surface area is 112 Å². The molecule has 0 saturated heterocycles. The number of anilines is 1. The molecular weight excluding hydrogens is 268 g/mol. The first-order chi connectivity index (χ1) is 8.75. The Kier molecular flexibility index (Phi) is 4.90. The van der Waals surface area contributed by atoms with Crippen molar-refractivity contribution < 1.29 is 18.3 Å². The highest BCUT2D eigenvalue weighted by Crippen LogP contribution is 2.21. The van der Waals surface area contributed by atoms with Gasteiger partial charge in [-0.15, -0.1) is 0 Å². The van der Waals surface area contributed by atoms with Crippen LogP contribution in [-0.4, -0.2) is 25.5 Å². The number of hydrogen-bond donors (Lipinski definition) is 3. The number of sulfonamides is 1. The van der Waals surface area contributed by atoms with E-state index >= 15 is 0 Å². The van der Waals surface area contributed by atoms with Crippen LogP contribution < -0.4 is 10.5 Å². The second-order valence-electron chi connectivity index (χ2n) is 4.39. The Bertz CT molecular complexity index is 569. The lowest BCUT2D eigenvalue weighted by Crippen LogP contribution is -2.18. The first-order valence-corrected chi connectivity index (χ1v) is 7.47. The van der Waals surface area contributed by atoms with Crippen LogP contribution in [0.15, 0.2) is 23.1 Å². The lowest BCUT2D eigenvalue weighted by atomic mass is 10.1. The Morgan fingerprint density at radius 2 is 2.11 bits per heavy atom. The van der Waals surface area contributed by atoms with Crippen LogP contribution in [0.25, 0.3) is 0 Å². The summed E-state index contributed by atoms with van der Waals surface area (Å²) in [7, 11) is -3.91. The molecular formula is C12H18N2O4S. The number of nitrogens with one attached hydrogen (secondary N) is 1. The molecule has 0 bridgehead atoms. The monoisotopic (exact) mass is 286 g/mol. The molecule has 0 amide bonds. The quantitative estimate of drug-likeness (QED) is 0.736. The van der Waals surface area contributed by atoms with Gasteiger partial charge in [-0.2, -0.15) is 0 Å². The van der Waals surface area contributed by atoms with Crippen LogP contribution in [0, 0.1) is 0 Å². The van der Waals surface area contributed by atoms with E-state index in [2.05, 4.69) is 5.32 Å². The molecule has 19 heavy (non-hydrogen) atoms. The molecule has 1 rings (SSSR count). The van der Waals surface area contributed by atoms with Crippen molar-refractivity contribution in [1.29, 1.82) is 0 Å². The number of rotatable bonds is 6. The highest BCUT2D eigenvalue weighted by Gasteiger charge is 2.16. The first-order valence-electron chi connectivity index (χ1n) is 5.92. The van der Waals surface area contributed by atoms with Crippen LogP contribution in [0.2, 0.25) is 0 Å². The number of carboxylic acid groups (broad SMARTS) is 1. The number of aromatic carboxylic acids is 1. The van der Waals surface area contributed by atoms with Gasteiger partial charge >= 0.3 is 5.97 Å². The van der Waals surface area contributed by atoms with Crippen molar-refractivity contribution in [3.05, 3.63) is 23.8 Å². The van der Waals surface area contributed by atoms with E-state index in [9.17, 15) is 13.2 Å². The van der Waals surface area contributed by atoms with Gasteiger partial charge in [0, 0.05) is 11.7 Å². The molecule has 6 nitrogen and oxygen atoms in total. The molecule has 4 N–H and O–H groups in total. The van der Waals surface area contributed by atoms with Crippen LogP contribution in [0.4, 0.5) is 5.69 Å². The fourth-order valence-electron chi connectivity index (χ4n) is 1.77. The number of nitrogens with two attached hydrogens (primary N) is 1. The van der Waals surface area contributed by atoms with E-state index in [-0.39, 0.29) is 16.5 Å². The number of benzene rings is 1. The Morgan fingerprint density at radius 3 is 2.58 bits per heavy atom. The van der Waals surface area contributed by atoms with Crippen molar-refractivity contribution in [3.8, 4) is 0 Å². The molecule has 0 fully saturated rings. The van der Waals surface area contributed by atoms with Crippen LogP contribution in [0.3, 0.4) is 0 Å². The standard InChI is InChI=1S/C12H18N2O4S/c1-3-4-8(2)14-11-6-5-9(19(13,17)18)7-10(11)12(15)16/h5-8,14H,3-4H2,1-2H3,(H,15,16)(H2,13,17,18)/t8-/m1/s1. The predicted octanol–water partition coefficient (Wildman–Crippen LogP) is 1.63. The molecule has 106 valence electrons. The third kappa shape index (κ3) is 4.22. The average Bonchev–Trinajstić information content (AvgIpc) is 2.27. The molecule has 0 aromatic heterocycles. The van der Waals surface area contributed by atoms with Crippen molar-refractivity contribution in [2.45, 2.75) is 37.6 Å². The minimum absolute atomic E-state index is 0.100. The van der Waals surface area contributed by atoms with Crippen molar-refractivity contribution in [2.75, 3.05) is 5.32 Å². The largest absolute Gasteiger partial charge is 0.478 e. The Hall–Kier alpha value is -1.60. The highest BCUT2D eigenvalue weighted by molar-refractivity contribution is 7.89. The summed E-state index contributed by atoms with van der Waals surface area (Å²) in [6, 6.07) is 3.89. The third-order valence-electron chi connectivity index (χ3n) is 2.67. The summed E-state index contributed by atoms with van der Waals surface area (Å²) in [6.45, 7) is 3.96. The highest BCUT2D eigenvalue weighted by atomic mass is 32.2. The van der Waals surface area contributed by atoms with Gasteiger partial charge in [0.2, 0.25) is 10.0 Å². The van der Waals surface area contributed by atoms with Crippen molar-refractivity contribution >= 4 is 21.7 Å². The smallest absolute Gasteiger partial charge is 0.337 e. The lowest BCUT2D eigenvalue weighted by molar-refractivity contribution is 0.0697. The molecule has 7 heteroatoms. The normalized spacial score (nSPS) is 13.0. The van der Waals surface area contributed by atoms with Crippen LogP contribution in [0.1, 0.15) is 37.0 Å². The van der Waals surface area contributed by atoms with Crippen molar-refractivity contribution in [1.82, 2.24) is 0 Å². The van der Waals surface area contributed by atoms with Gasteiger partial charge in [0.05, 0.1) is 10.5 Å². The summed E-state index contributed by atoms with van der Waals surface area (Å²) in [6.07, 6.45) is 1.85. The maximum Gasteiger partial charge on any atom is 0.337 e. The van der Waals surface area contributed by atoms with Gasteiger partial charge in [0.1, 0.15) is 0 Å². The molecule has 0 aliphatic rings. The Morgan fingerprint density at radius 1 is 1.47 bits per heavy atom. The molecule has 0 aliphatic carbocycles. The van der Waals surface area contributed by atoms with Gasteiger partial charge in [0.15, 0.2) is 0 Å². The fourth-order valence-corrected chi connectivity index (χ4v) is 2.31. The molecule has 0 saturated carbocycles. The molecule has 1 aromatic carbocycles. The number of hydrogen-bond acceptors (Lipinski definition) is 4. The van der Waals surface area contributed by atoms with E-state index in [1.807, 2.05) is 13.8 Å². The van der Waals surface area contributed by atoms with E-state index in [4.69, 9.17) is 10.2 Å². The van der Waals surface area contributed by atoms with E-state index in [1.165, 1.54) is 12.1 Å². The van der Waals surface area contributed by atoms with E-state index in [1.54, 1.807) is 0 Å². The van der Waals surface area contributed by atoms with Gasteiger partial charge in [-0.05, 0) is 31.5 Å². The number of carboxylic acids is 1. The summed E-state index contributed by atoms with van der Waals surface area (Å²) in [5.74, 6) is -1.20. The summed E-state index contributed by atoms with van der Waals surface area (Å²) in [4.78, 5) is 11.0. The fraction of sp³-hybridized carbons (Fsp3) is 0.417. The van der Waals surface area contributed by atoms with Gasteiger partial charge < -0.3 is 10.4 Å². The zero-order valence-electron chi connectivity index (χ0n) is 10.9. The first kappa shape index (κ1) is 15.5. The second-order valence-corrected chi connectivity index (χ2v) is 5.95. The minimum Gasteiger partial charge on any atom is -0.478 e. The average molecular weight is 286 g/mol. The van der Waals surface area contributed by atoms with Gasteiger partial charge in [-0.1, -0.05) is 13.3 Å². The maximum atomic E-state index is 11.2.